The van der Waals surface area contributed by atoms with Gasteiger partial charge >= 0.3 is 0 Å². The third-order valence-electron chi connectivity index (χ3n) is 4.00. The Kier molecular flexibility index (Phi) is 4.20. The van der Waals surface area contributed by atoms with Crippen molar-refractivity contribution in [2.45, 2.75) is 12.5 Å². The van der Waals surface area contributed by atoms with Crippen LogP contribution < -0.4 is 18.9 Å². The first-order valence-electron chi connectivity index (χ1n) is 7.41. The van der Waals surface area contributed by atoms with Gasteiger partial charge < -0.3 is 24.1 Å². The number of carbonyl (C=O) groups excluding carboxylic acids is 1. The summed E-state index contributed by atoms with van der Waals surface area (Å²) in [5.41, 5.74) is 1.03. The summed E-state index contributed by atoms with van der Waals surface area (Å²) in [4.78, 5) is 12.7. The highest BCUT2D eigenvalue weighted by atomic mass is 16.5. The van der Waals surface area contributed by atoms with Crippen LogP contribution in [0.3, 0.4) is 0 Å². The zero-order chi connectivity index (χ0) is 17.3. The van der Waals surface area contributed by atoms with Crippen molar-refractivity contribution in [1.82, 2.24) is 0 Å². The molecular weight excluding hydrogens is 312 g/mol. The summed E-state index contributed by atoms with van der Waals surface area (Å²) >= 11 is 0. The van der Waals surface area contributed by atoms with E-state index in [0.717, 1.165) is 5.56 Å². The van der Waals surface area contributed by atoms with Gasteiger partial charge in [0.05, 0.1) is 27.8 Å². The number of ketones is 1. The van der Waals surface area contributed by atoms with Crippen molar-refractivity contribution in [2.24, 2.45) is 0 Å². The van der Waals surface area contributed by atoms with E-state index in [9.17, 15) is 9.90 Å². The molecule has 0 bridgehead atoms. The fourth-order valence-electron chi connectivity index (χ4n) is 2.90. The lowest BCUT2D eigenvalue weighted by Gasteiger charge is -2.29. The van der Waals surface area contributed by atoms with Crippen LogP contribution in [0.1, 0.15) is 28.4 Å². The van der Waals surface area contributed by atoms with Gasteiger partial charge in [0.25, 0.3) is 0 Å². The van der Waals surface area contributed by atoms with Gasteiger partial charge in [-0.25, -0.2) is 0 Å². The van der Waals surface area contributed by atoms with E-state index < -0.39 is 6.10 Å². The molecule has 126 valence electrons. The molecule has 2 aromatic rings. The van der Waals surface area contributed by atoms with Gasteiger partial charge in [-0.2, -0.15) is 0 Å². The fraction of sp³-hybridized carbons (Fsp3) is 0.278. The van der Waals surface area contributed by atoms with E-state index in [-0.39, 0.29) is 40.8 Å². The van der Waals surface area contributed by atoms with E-state index in [1.807, 2.05) is 18.2 Å². The number of hydrogen-bond donors (Lipinski definition) is 1. The molecule has 0 saturated heterocycles. The predicted molar refractivity (Wildman–Crippen MR) is 86.5 cm³/mol. The Hall–Kier alpha value is -2.89. The lowest BCUT2D eigenvalue weighted by molar-refractivity contribution is 0.0832. The summed E-state index contributed by atoms with van der Waals surface area (Å²) in [6, 6.07) is 8.69. The molecule has 0 aromatic heterocycles. The number of rotatable bonds is 4. The summed E-state index contributed by atoms with van der Waals surface area (Å²) in [5.74, 6) is 0.876. The Morgan fingerprint density at radius 2 is 1.79 bits per heavy atom. The molecule has 1 aliphatic rings. The number of aromatic hydroxyl groups is 1. The Labute approximate surface area is 139 Å². The van der Waals surface area contributed by atoms with Crippen LogP contribution in [0.2, 0.25) is 0 Å². The molecule has 6 nitrogen and oxygen atoms in total. The molecule has 0 unspecified atom stereocenters. The van der Waals surface area contributed by atoms with Crippen LogP contribution in [-0.2, 0) is 0 Å². The number of phenols is 1. The number of fused-ring (bicyclic) bond motifs is 1. The molecule has 6 heteroatoms. The van der Waals surface area contributed by atoms with E-state index in [0.29, 0.717) is 5.75 Å². The van der Waals surface area contributed by atoms with Crippen LogP contribution in [0, 0.1) is 0 Å². The summed E-state index contributed by atoms with van der Waals surface area (Å²) in [6.07, 6.45) is -0.404. The Morgan fingerprint density at radius 1 is 1.08 bits per heavy atom. The average Bonchev–Trinajstić information content (AvgIpc) is 2.60. The number of methoxy groups -OCH3 is 3. The maximum absolute atomic E-state index is 12.7. The van der Waals surface area contributed by atoms with Crippen LogP contribution >= 0.6 is 0 Å². The normalized spacial score (nSPS) is 16.1. The third kappa shape index (κ3) is 2.50. The number of para-hydroxylation sites is 1. The molecule has 0 radical (unpaired) electrons. The second-order valence-corrected chi connectivity index (χ2v) is 5.31. The Morgan fingerprint density at radius 3 is 2.46 bits per heavy atom. The minimum absolute atomic E-state index is 0.110. The zero-order valence-electron chi connectivity index (χ0n) is 13.7. The molecule has 1 heterocycles. The van der Waals surface area contributed by atoms with Crippen LogP contribution in [0.25, 0.3) is 0 Å². The average molecular weight is 330 g/mol. The first-order chi connectivity index (χ1) is 11.6. The van der Waals surface area contributed by atoms with Crippen LogP contribution in [0.15, 0.2) is 30.3 Å². The highest BCUT2D eigenvalue weighted by Gasteiger charge is 2.35. The maximum atomic E-state index is 12.7. The monoisotopic (exact) mass is 330 g/mol. The van der Waals surface area contributed by atoms with Crippen LogP contribution in [-0.4, -0.2) is 32.2 Å². The van der Waals surface area contributed by atoms with E-state index in [1.54, 1.807) is 13.2 Å². The molecule has 1 aliphatic heterocycles. The van der Waals surface area contributed by atoms with Crippen molar-refractivity contribution < 1.29 is 28.8 Å². The lowest BCUT2D eigenvalue weighted by atomic mass is 9.94. The minimum atomic E-state index is -0.540. The molecule has 1 atom stereocenters. The van der Waals surface area contributed by atoms with Crippen molar-refractivity contribution >= 4 is 5.78 Å². The quantitative estimate of drug-likeness (QED) is 0.928. The van der Waals surface area contributed by atoms with Crippen molar-refractivity contribution in [3.05, 3.63) is 41.5 Å². The highest BCUT2D eigenvalue weighted by Crippen LogP contribution is 2.50. The largest absolute Gasteiger partial charge is 0.504 e. The second kappa shape index (κ2) is 6.31. The van der Waals surface area contributed by atoms with Crippen molar-refractivity contribution in [3.63, 3.8) is 0 Å². The topological polar surface area (TPSA) is 74.2 Å². The lowest BCUT2D eigenvalue weighted by Crippen LogP contribution is -2.22. The van der Waals surface area contributed by atoms with Crippen LogP contribution in [0.5, 0.6) is 28.7 Å². The smallest absolute Gasteiger partial charge is 0.204 e. The summed E-state index contributed by atoms with van der Waals surface area (Å²) < 4.78 is 21.8. The number of phenolic OH excluding ortho intramolecular Hbond substituents is 1. The summed E-state index contributed by atoms with van der Waals surface area (Å²) in [7, 11) is 4.40. The first-order valence-corrected chi connectivity index (χ1v) is 7.41. The Bertz CT molecular complexity index is 783. The number of Topliss-reactive ketones (excluding diaryl/α,β-unsaturated/α-hetero) is 1. The van der Waals surface area contributed by atoms with Crippen LogP contribution in [0.4, 0.5) is 0 Å². The van der Waals surface area contributed by atoms with E-state index >= 15 is 0 Å². The molecule has 24 heavy (non-hydrogen) atoms. The SMILES string of the molecule is COc1ccccc1[C@H]1CC(=O)c2c(OC)cc(O)c(OC)c2O1. The van der Waals surface area contributed by atoms with Crippen molar-refractivity contribution in [3.8, 4) is 28.7 Å². The standard InChI is InChI=1S/C18H18O6/c1-21-13-7-5-4-6-10(13)14-8-11(19)16-15(22-2)9-12(20)17(23-3)18(16)24-14/h4-7,9,14,20H,8H2,1-3H3/t14-/m1/s1. The second-order valence-electron chi connectivity index (χ2n) is 5.31. The van der Waals surface area contributed by atoms with Gasteiger partial charge in [0, 0.05) is 11.6 Å². The highest BCUT2D eigenvalue weighted by molar-refractivity contribution is 6.04. The van der Waals surface area contributed by atoms with Gasteiger partial charge in [0.1, 0.15) is 23.2 Å². The van der Waals surface area contributed by atoms with E-state index in [1.165, 1.54) is 20.3 Å². The van der Waals surface area contributed by atoms with E-state index in [2.05, 4.69) is 0 Å². The zero-order valence-corrected chi connectivity index (χ0v) is 13.7. The predicted octanol–water partition coefficient (Wildman–Crippen LogP) is 3.12. The molecule has 0 saturated carbocycles. The molecule has 3 rings (SSSR count). The maximum Gasteiger partial charge on any atom is 0.204 e. The van der Waals surface area contributed by atoms with Gasteiger partial charge in [-0.3, -0.25) is 4.79 Å². The molecule has 0 fully saturated rings. The molecule has 1 N–H and O–H groups in total. The molecule has 0 amide bonds. The van der Waals surface area contributed by atoms with Gasteiger partial charge in [-0.1, -0.05) is 18.2 Å². The number of hydrogen-bond acceptors (Lipinski definition) is 6. The Balaban J connectivity index is 2.13. The number of ether oxygens (including phenoxy) is 4. The molecular formula is C18H18O6. The van der Waals surface area contributed by atoms with Gasteiger partial charge in [-0.15, -0.1) is 0 Å². The molecule has 0 spiro atoms. The number of benzene rings is 2. The van der Waals surface area contributed by atoms with E-state index in [4.69, 9.17) is 18.9 Å². The van der Waals surface area contributed by atoms with Gasteiger partial charge in [0.15, 0.2) is 17.3 Å². The summed E-state index contributed by atoms with van der Waals surface area (Å²) in [6.45, 7) is 0. The first kappa shape index (κ1) is 16.0. The third-order valence-corrected chi connectivity index (χ3v) is 4.00. The molecule has 0 aliphatic carbocycles. The van der Waals surface area contributed by atoms with Crippen molar-refractivity contribution in [1.29, 1.82) is 0 Å². The molecule has 2 aromatic carbocycles. The minimum Gasteiger partial charge on any atom is -0.504 e. The van der Waals surface area contributed by atoms with Gasteiger partial charge in [-0.05, 0) is 6.07 Å². The summed E-state index contributed by atoms with van der Waals surface area (Å²) in [5, 5.41) is 10.1. The van der Waals surface area contributed by atoms with Crippen molar-refractivity contribution in [2.75, 3.05) is 21.3 Å². The fourth-order valence-corrected chi connectivity index (χ4v) is 2.90. The van der Waals surface area contributed by atoms with Gasteiger partial charge in [0.2, 0.25) is 5.75 Å². The number of carbonyl (C=O) groups is 1.